The van der Waals surface area contributed by atoms with Crippen molar-refractivity contribution < 1.29 is 18.0 Å². The second-order valence-electron chi connectivity index (χ2n) is 7.92. The van der Waals surface area contributed by atoms with Gasteiger partial charge in [0.05, 0.1) is 22.0 Å². The minimum Gasteiger partial charge on any atom is -0.338 e. The Hall–Kier alpha value is -2.94. The van der Waals surface area contributed by atoms with E-state index < -0.39 is 10.0 Å². The smallest absolute Gasteiger partial charge is 0.255 e. The third-order valence-corrected chi connectivity index (χ3v) is 7.94. The van der Waals surface area contributed by atoms with Crippen LogP contribution in [0.2, 0.25) is 5.02 Å². The Labute approximate surface area is 198 Å². The highest BCUT2D eigenvalue weighted by Gasteiger charge is 2.29. The molecule has 1 heterocycles. The first-order valence-electron chi connectivity index (χ1n) is 10.5. The lowest BCUT2D eigenvalue weighted by Gasteiger charge is -2.35. The fourth-order valence-corrected chi connectivity index (χ4v) is 5.22. The molecular formula is C24H24ClN3O4S. The van der Waals surface area contributed by atoms with Crippen LogP contribution in [0.1, 0.15) is 10.4 Å². The third-order valence-electron chi connectivity index (χ3n) is 5.81. The molecule has 0 saturated carbocycles. The monoisotopic (exact) mass is 485 g/mol. The van der Waals surface area contributed by atoms with Crippen LogP contribution in [0.15, 0.2) is 71.6 Å². The number of hydrogen-bond acceptors (Lipinski definition) is 4. The summed E-state index contributed by atoms with van der Waals surface area (Å²) >= 11 is 6.13. The summed E-state index contributed by atoms with van der Waals surface area (Å²) in [5, 5.41) is 2.15. The number of carbonyl (C=O) groups excluding carboxylic acids is 2. The molecule has 3 aromatic rings. The molecule has 7 nitrogen and oxygen atoms in total. The van der Waals surface area contributed by atoms with E-state index in [9.17, 15) is 18.0 Å². The Balaban J connectivity index is 1.38. The van der Waals surface area contributed by atoms with E-state index in [4.69, 9.17) is 11.6 Å². The Bertz CT molecular complexity index is 1300. The number of piperazine rings is 1. The summed E-state index contributed by atoms with van der Waals surface area (Å²) in [6, 6.07) is 19.3. The van der Waals surface area contributed by atoms with Crippen LogP contribution >= 0.6 is 11.6 Å². The predicted octanol–water partition coefficient (Wildman–Crippen LogP) is 3.10. The minimum atomic E-state index is -3.82. The van der Waals surface area contributed by atoms with Crippen LogP contribution in [0, 0.1) is 0 Å². The van der Waals surface area contributed by atoms with E-state index >= 15 is 0 Å². The summed E-state index contributed by atoms with van der Waals surface area (Å²) in [5.74, 6) is -0.476. The van der Waals surface area contributed by atoms with Crippen molar-refractivity contribution in [2.45, 2.75) is 4.90 Å². The van der Waals surface area contributed by atoms with Crippen LogP contribution in [0.5, 0.6) is 0 Å². The van der Waals surface area contributed by atoms with Crippen molar-refractivity contribution in [2.24, 2.45) is 0 Å². The van der Waals surface area contributed by atoms with Crippen LogP contribution in [-0.4, -0.2) is 74.1 Å². The quantitative estimate of drug-likeness (QED) is 0.556. The maximum absolute atomic E-state index is 13.0. The van der Waals surface area contributed by atoms with Crippen molar-refractivity contribution in [3.05, 3.63) is 77.3 Å². The zero-order chi connectivity index (χ0) is 23.6. The molecule has 172 valence electrons. The van der Waals surface area contributed by atoms with Gasteiger partial charge in [0.15, 0.2) is 0 Å². The van der Waals surface area contributed by atoms with Gasteiger partial charge in [0, 0.05) is 33.2 Å². The first kappa shape index (κ1) is 23.2. The molecule has 0 atom stereocenters. The molecular weight excluding hydrogens is 462 g/mol. The van der Waals surface area contributed by atoms with Crippen LogP contribution in [0.4, 0.5) is 0 Å². The topological polar surface area (TPSA) is 78.0 Å². The Morgan fingerprint density at radius 3 is 2.18 bits per heavy atom. The van der Waals surface area contributed by atoms with Crippen molar-refractivity contribution in [3.63, 3.8) is 0 Å². The van der Waals surface area contributed by atoms with Gasteiger partial charge in [-0.3, -0.25) is 9.59 Å². The van der Waals surface area contributed by atoms with Gasteiger partial charge in [-0.05, 0) is 35.0 Å². The van der Waals surface area contributed by atoms with E-state index in [1.165, 1.54) is 7.05 Å². The molecule has 1 aliphatic heterocycles. The highest BCUT2D eigenvalue weighted by atomic mass is 35.5. The molecule has 0 radical (unpaired) electrons. The third kappa shape index (κ3) is 4.88. The van der Waals surface area contributed by atoms with Crippen LogP contribution < -0.4 is 0 Å². The molecule has 0 aliphatic carbocycles. The van der Waals surface area contributed by atoms with Gasteiger partial charge < -0.3 is 9.80 Å². The second kappa shape index (κ2) is 9.51. The molecule has 3 aromatic carbocycles. The molecule has 0 aromatic heterocycles. The molecule has 4 rings (SSSR count). The van der Waals surface area contributed by atoms with Crippen molar-refractivity contribution >= 4 is 44.2 Å². The summed E-state index contributed by atoms with van der Waals surface area (Å²) in [6.07, 6.45) is 0. The highest BCUT2D eigenvalue weighted by Crippen LogP contribution is 2.22. The van der Waals surface area contributed by atoms with Crippen molar-refractivity contribution in [1.29, 1.82) is 0 Å². The number of nitrogens with zero attached hydrogens (tertiary/aromatic N) is 3. The van der Waals surface area contributed by atoms with Gasteiger partial charge in [-0.1, -0.05) is 54.1 Å². The number of likely N-dealkylation sites (N-methyl/N-ethyl adjacent to an activating group) is 1. The number of hydrogen-bond donors (Lipinski definition) is 0. The lowest BCUT2D eigenvalue weighted by Crippen LogP contribution is -2.52. The molecule has 33 heavy (non-hydrogen) atoms. The number of sulfonamides is 1. The fourth-order valence-electron chi connectivity index (χ4n) is 3.85. The molecule has 0 unspecified atom stereocenters. The van der Waals surface area contributed by atoms with Gasteiger partial charge in [-0.2, -0.15) is 4.31 Å². The van der Waals surface area contributed by atoms with E-state index in [-0.39, 0.29) is 23.3 Å². The van der Waals surface area contributed by atoms with E-state index in [0.29, 0.717) is 36.8 Å². The Morgan fingerprint density at radius 2 is 1.48 bits per heavy atom. The standard InChI is InChI=1S/C24H24ClN3O4S/c1-26(33(31,32)20-11-10-18-6-2-3-7-19(18)16-20)17-23(29)27-12-14-28(15-13-27)24(30)21-8-4-5-9-22(21)25/h2-11,16H,12-15,17H2,1H3. The van der Waals surface area contributed by atoms with Crippen molar-refractivity contribution in [3.8, 4) is 0 Å². The van der Waals surface area contributed by atoms with Gasteiger partial charge >= 0.3 is 0 Å². The predicted molar refractivity (Wildman–Crippen MR) is 128 cm³/mol. The molecule has 1 saturated heterocycles. The van der Waals surface area contributed by atoms with Gasteiger partial charge in [0.2, 0.25) is 15.9 Å². The lowest BCUT2D eigenvalue weighted by molar-refractivity contribution is -0.132. The molecule has 0 spiro atoms. The van der Waals surface area contributed by atoms with E-state index in [1.54, 1.807) is 52.3 Å². The largest absolute Gasteiger partial charge is 0.338 e. The number of amides is 2. The van der Waals surface area contributed by atoms with Gasteiger partial charge in [0.25, 0.3) is 5.91 Å². The molecule has 9 heteroatoms. The van der Waals surface area contributed by atoms with Crippen molar-refractivity contribution in [1.82, 2.24) is 14.1 Å². The summed E-state index contributed by atoms with van der Waals surface area (Å²) in [7, 11) is -2.42. The number of fused-ring (bicyclic) bond motifs is 1. The summed E-state index contributed by atoms with van der Waals surface area (Å²) in [4.78, 5) is 28.9. The van der Waals surface area contributed by atoms with E-state index in [0.717, 1.165) is 15.1 Å². The summed E-state index contributed by atoms with van der Waals surface area (Å²) < 4.78 is 27.1. The van der Waals surface area contributed by atoms with Gasteiger partial charge in [-0.15, -0.1) is 0 Å². The SMILES string of the molecule is CN(CC(=O)N1CCN(C(=O)c2ccccc2Cl)CC1)S(=O)(=O)c1ccc2ccccc2c1. The van der Waals surface area contributed by atoms with E-state index in [2.05, 4.69) is 0 Å². The number of carbonyl (C=O) groups is 2. The number of rotatable bonds is 5. The Kier molecular flexibility index (Phi) is 6.69. The normalized spacial score (nSPS) is 14.6. The van der Waals surface area contributed by atoms with E-state index in [1.807, 2.05) is 24.3 Å². The molecule has 1 fully saturated rings. The van der Waals surface area contributed by atoms with Gasteiger partial charge in [-0.25, -0.2) is 8.42 Å². The van der Waals surface area contributed by atoms with Gasteiger partial charge in [0.1, 0.15) is 0 Å². The average molecular weight is 486 g/mol. The number of benzene rings is 3. The zero-order valence-electron chi connectivity index (χ0n) is 18.1. The fraction of sp³-hybridized carbons (Fsp3) is 0.250. The maximum Gasteiger partial charge on any atom is 0.255 e. The number of halogens is 1. The molecule has 0 N–H and O–H groups in total. The molecule has 1 aliphatic rings. The molecule has 0 bridgehead atoms. The van der Waals surface area contributed by atoms with Crippen LogP contribution in [0.25, 0.3) is 10.8 Å². The first-order valence-corrected chi connectivity index (χ1v) is 12.4. The van der Waals surface area contributed by atoms with Crippen molar-refractivity contribution in [2.75, 3.05) is 39.8 Å². The average Bonchev–Trinajstić information content (AvgIpc) is 2.83. The minimum absolute atomic E-state index is 0.145. The zero-order valence-corrected chi connectivity index (χ0v) is 19.7. The second-order valence-corrected chi connectivity index (χ2v) is 10.4. The summed E-state index contributed by atoms with van der Waals surface area (Å²) in [6.45, 7) is 1.11. The first-order chi connectivity index (χ1) is 15.8. The maximum atomic E-state index is 13.0. The molecule has 2 amide bonds. The van der Waals surface area contributed by atoms with Crippen LogP contribution in [-0.2, 0) is 14.8 Å². The van der Waals surface area contributed by atoms with Crippen LogP contribution in [0.3, 0.4) is 0 Å². The summed E-state index contributed by atoms with van der Waals surface area (Å²) in [5.41, 5.74) is 0.431. The highest BCUT2D eigenvalue weighted by molar-refractivity contribution is 7.89. The lowest BCUT2D eigenvalue weighted by atomic mass is 10.1. The Morgan fingerprint density at radius 1 is 0.879 bits per heavy atom.